The van der Waals surface area contributed by atoms with Gasteiger partial charge in [-0.15, -0.1) is 11.3 Å². The third-order valence-corrected chi connectivity index (χ3v) is 3.86. The van der Waals surface area contributed by atoms with Gasteiger partial charge in [-0.1, -0.05) is 13.8 Å². The van der Waals surface area contributed by atoms with Crippen LogP contribution in [0.4, 0.5) is 0 Å². The largest absolute Gasteiger partial charge is 0.391 e. The predicted octanol–water partition coefficient (Wildman–Crippen LogP) is 0.981. The number of carbonyl (C=O) groups is 1. The zero-order chi connectivity index (χ0) is 15.4. The van der Waals surface area contributed by atoms with E-state index in [0.29, 0.717) is 22.6 Å². The van der Waals surface area contributed by atoms with Gasteiger partial charge in [0, 0.05) is 6.54 Å². The minimum Gasteiger partial charge on any atom is -0.391 e. The molecule has 0 fully saturated rings. The van der Waals surface area contributed by atoms with Crippen molar-refractivity contribution < 1.29 is 9.90 Å². The summed E-state index contributed by atoms with van der Waals surface area (Å²) in [6, 6.07) is 1.70. The zero-order valence-electron chi connectivity index (χ0n) is 12.1. The van der Waals surface area contributed by atoms with Crippen molar-refractivity contribution in [3.8, 4) is 0 Å². The Labute approximate surface area is 126 Å². The highest BCUT2D eigenvalue weighted by Crippen LogP contribution is 2.13. The van der Waals surface area contributed by atoms with Crippen LogP contribution in [0.2, 0.25) is 0 Å². The number of fused-ring (bicyclic) bond motifs is 1. The fourth-order valence-electron chi connectivity index (χ4n) is 2.08. The summed E-state index contributed by atoms with van der Waals surface area (Å²) in [4.78, 5) is 28.7. The van der Waals surface area contributed by atoms with Gasteiger partial charge in [0.15, 0.2) is 0 Å². The molecule has 1 atom stereocenters. The van der Waals surface area contributed by atoms with Crippen LogP contribution in [0, 0.1) is 5.92 Å². The monoisotopic (exact) mass is 309 g/mol. The quantitative estimate of drug-likeness (QED) is 0.833. The molecule has 2 heterocycles. The van der Waals surface area contributed by atoms with E-state index >= 15 is 0 Å². The Morgan fingerprint density at radius 3 is 3.00 bits per heavy atom. The van der Waals surface area contributed by atoms with Crippen molar-refractivity contribution in [1.82, 2.24) is 14.9 Å². The van der Waals surface area contributed by atoms with Crippen molar-refractivity contribution in [2.45, 2.75) is 32.9 Å². The zero-order valence-corrected chi connectivity index (χ0v) is 12.9. The molecule has 2 aromatic heterocycles. The van der Waals surface area contributed by atoms with E-state index in [4.69, 9.17) is 0 Å². The van der Waals surface area contributed by atoms with Crippen LogP contribution < -0.4 is 10.9 Å². The van der Waals surface area contributed by atoms with Gasteiger partial charge < -0.3 is 10.4 Å². The molecule has 0 aliphatic rings. The number of aliphatic hydroxyl groups is 1. The number of hydrogen-bond acceptors (Lipinski definition) is 5. The van der Waals surface area contributed by atoms with Gasteiger partial charge in [-0.3, -0.25) is 14.2 Å². The Kier molecular flexibility index (Phi) is 5.08. The molecule has 0 saturated carbocycles. The molecule has 1 amide bonds. The molecule has 7 heteroatoms. The molecule has 0 aliphatic heterocycles. The van der Waals surface area contributed by atoms with Gasteiger partial charge in [-0.25, -0.2) is 4.98 Å². The lowest BCUT2D eigenvalue weighted by Crippen LogP contribution is -2.37. The van der Waals surface area contributed by atoms with Gasteiger partial charge in [0.2, 0.25) is 5.91 Å². The summed E-state index contributed by atoms with van der Waals surface area (Å²) in [5, 5.41) is 14.7. The summed E-state index contributed by atoms with van der Waals surface area (Å²) >= 11 is 1.39. The Morgan fingerprint density at radius 1 is 1.52 bits per heavy atom. The molecular formula is C14H19N3O3S. The fraction of sp³-hybridized carbons (Fsp3) is 0.500. The first-order valence-electron chi connectivity index (χ1n) is 6.84. The van der Waals surface area contributed by atoms with E-state index in [9.17, 15) is 14.7 Å². The number of nitrogens with zero attached hydrogens (tertiary/aromatic N) is 2. The molecule has 6 nitrogen and oxygen atoms in total. The Balaban J connectivity index is 1.95. The molecule has 2 rings (SSSR count). The average molecular weight is 309 g/mol. The highest BCUT2D eigenvalue weighted by molar-refractivity contribution is 7.16. The minimum absolute atomic E-state index is 0.0913. The molecule has 0 aromatic carbocycles. The van der Waals surface area contributed by atoms with E-state index in [2.05, 4.69) is 10.3 Å². The van der Waals surface area contributed by atoms with Crippen LogP contribution in [0.15, 0.2) is 22.6 Å². The van der Waals surface area contributed by atoms with Crippen molar-refractivity contribution in [1.29, 1.82) is 0 Å². The van der Waals surface area contributed by atoms with E-state index in [1.165, 1.54) is 22.2 Å². The molecule has 0 aliphatic carbocycles. The maximum absolute atomic E-state index is 12.1. The number of nitrogens with one attached hydrogen (secondary N) is 1. The van der Waals surface area contributed by atoms with Crippen LogP contribution in [-0.2, 0) is 11.3 Å². The highest BCUT2D eigenvalue weighted by Gasteiger charge is 2.11. The van der Waals surface area contributed by atoms with Crippen LogP contribution in [0.25, 0.3) is 10.2 Å². The lowest BCUT2D eigenvalue weighted by atomic mass is 10.1. The summed E-state index contributed by atoms with van der Waals surface area (Å²) in [5.74, 6) is 0.0565. The fourth-order valence-corrected chi connectivity index (χ4v) is 2.80. The van der Waals surface area contributed by atoms with Crippen LogP contribution in [0.5, 0.6) is 0 Å². The molecule has 1 unspecified atom stereocenters. The van der Waals surface area contributed by atoms with Crippen molar-refractivity contribution in [2.24, 2.45) is 5.92 Å². The highest BCUT2D eigenvalue weighted by atomic mass is 32.1. The number of hydrogen-bond donors (Lipinski definition) is 2. The summed E-state index contributed by atoms with van der Waals surface area (Å²) in [7, 11) is 0. The number of carbonyl (C=O) groups excluding carboxylic acids is 1. The summed E-state index contributed by atoms with van der Waals surface area (Å²) in [6.07, 6.45) is 1.44. The Morgan fingerprint density at radius 2 is 2.29 bits per heavy atom. The number of thiophene rings is 1. The first-order valence-corrected chi connectivity index (χ1v) is 7.72. The second-order valence-corrected chi connectivity index (χ2v) is 6.30. The number of amides is 1. The molecule has 114 valence electrons. The normalized spacial score (nSPS) is 12.8. The number of aromatic nitrogens is 2. The third kappa shape index (κ3) is 4.12. The SMILES string of the molecule is CC(C)CC(O)CNC(=O)Cn1cnc2sccc2c1=O. The van der Waals surface area contributed by atoms with Gasteiger partial charge in [-0.05, 0) is 23.8 Å². The summed E-state index contributed by atoms with van der Waals surface area (Å²) in [6.45, 7) is 4.12. The molecule has 0 bridgehead atoms. The van der Waals surface area contributed by atoms with E-state index in [1.807, 2.05) is 13.8 Å². The molecule has 21 heavy (non-hydrogen) atoms. The first kappa shape index (κ1) is 15.7. The third-order valence-electron chi connectivity index (χ3n) is 3.04. The standard InChI is InChI=1S/C14H19N3O3S/c1-9(2)5-10(18)6-15-12(19)7-17-8-16-13-11(14(17)20)3-4-21-13/h3-4,8-10,18H,5-7H2,1-2H3,(H,15,19). The van der Waals surface area contributed by atoms with Crippen molar-refractivity contribution >= 4 is 27.5 Å². The van der Waals surface area contributed by atoms with Gasteiger partial charge >= 0.3 is 0 Å². The lowest BCUT2D eigenvalue weighted by molar-refractivity contribution is -0.122. The van der Waals surface area contributed by atoms with Crippen LogP contribution in [-0.4, -0.2) is 33.2 Å². The van der Waals surface area contributed by atoms with E-state index in [0.717, 1.165) is 0 Å². The van der Waals surface area contributed by atoms with E-state index in [-0.39, 0.29) is 24.6 Å². The van der Waals surface area contributed by atoms with Crippen molar-refractivity contribution in [3.63, 3.8) is 0 Å². The molecule has 0 radical (unpaired) electrons. The maximum atomic E-state index is 12.1. The molecular weight excluding hydrogens is 290 g/mol. The van der Waals surface area contributed by atoms with Gasteiger partial charge in [0.05, 0.1) is 17.8 Å². The molecule has 0 spiro atoms. The Hall–Kier alpha value is -1.73. The van der Waals surface area contributed by atoms with Gasteiger partial charge in [0.25, 0.3) is 5.56 Å². The van der Waals surface area contributed by atoms with Crippen LogP contribution >= 0.6 is 11.3 Å². The van der Waals surface area contributed by atoms with Gasteiger partial charge in [0.1, 0.15) is 11.4 Å². The predicted molar refractivity (Wildman–Crippen MR) is 82.4 cm³/mol. The summed E-state index contributed by atoms with van der Waals surface area (Å²) in [5.41, 5.74) is -0.223. The maximum Gasteiger partial charge on any atom is 0.262 e. The van der Waals surface area contributed by atoms with Crippen molar-refractivity contribution in [2.75, 3.05) is 6.54 Å². The second-order valence-electron chi connectivity index (χ2n) is 5.40. The van der Waals surface area contributed by atoms with E-state index in [1.54, 1.807) is 11.4 Å². The summed E-state index contributed by atoms with van der Waals surface area (Å²) < 4.78 is 1.28. The second kappa shape index (κ2) is 6.82. The average Bonchev–Trinajstić information content (AvgIpc) is 2.88. The topological polar surface area (TPSA) is 84.2 Å². The Bertz CT molecular complexity index is 677. The first-order chi connectivity index (χ1) is 9.97. The smallest absolute Gasteiger partial charge is 0.262 e. The minimum atomic E-state index is -0.567. The van der Waals surface area contributed by atoms with Crippen LogP contribution in [0.1, 0.15) is 20.3 Å². The van der Waals surface area contributed by atoms with E-state index < -0.39 is 6.10 Å². The van der Waals surface area contributed by atoms with Gasteiger partial charge in [-0.2, -0.15) is 0 Å². The molecule has 2 N–H and O–H groups in total. The number of aliphatic hydroxyl groups excluding tert-OH is 1. The van der Waals surface area contributed by atoms with Crippen molar-refractivity contribution in [3.05, 3.63) is 28.1 Å². The molecule has 0 saturated heterocycles. The van der Waals surface area contributed by atoms with Crippen LogP contribution in [0.3, 0.4) is 0 Å². The lowest BCUT2D eigenvalue weighted by Gasteiger charge is -2.14. The molecule has 2 aromatic rings. The number of rotatable bonds is 6.